The van der Waals surface area contributed by atoms with Crippen LogP contribution < -0.4 is 10.6 Å². The normalized spacial score (nSPS) is 22.8. The lowest BCUT2D eigenvalue weighted by molar-refractivity contribution is 0.0958. The molecule has 2 heterocycles. The summed E-state index contributed by atoms with van der Waals surface area (Å²) in [6.45, 7) is 3.80. The molecule has 1 aromatic heterocycles. The first-order valence-corrected chi connectivity index (χ1v) is 6.24. The third-order valence-corrected chi connectivity index (χ3v) is 3.32. The zero-order chi connectivity index (χ0) is 13.0. The molecule has 1 amide bonds. The SMILES string of the molecule is CNC(=O)c1cc(NCC2CCOC2C)ccn1. The van der Waals surface area contributed by atoms with Crippen LogP contribution in [0.1, 0.15) is 23.8 Å². The average molecular weight is 249 g/mol. The second kappa shape index (κ2) is 5.82. The van der Waals surface area contributed by atoms with Crippen molar-refractivity contribution in [2.45, 2.75) is 19.4 Å². The number of pyridine rings is 1. The molecule has 5 heteroatoms. The zero-order valence-corrected chi connectivity index (χ0v) is 10.8. The highest BCUT2D eigenvalue weighted by atomic mass is 16.5. The van der Waals surface area contributed by atoms with E-state index in [1.807, 2.05) is 6.07 Å². The van der Waals surface area contributed by atoms with Gasteiger partial charge in [0.25, 0.3) is 5.91 Å². The van der Waals surface area contributed by atoms with Crippen molar-refractivity contribution in [3.8, 4) is 0 Å². The van der Waals surface area contributed by atoms with E-state index in [0.717, 1.165) is 25.3 Å². The lowest BCUT2D eigenvalue weighted by Crippen LogP contribution is -2.22. The molecule has 2 atom stereocenters. The molecule has 98 valence electrons. The smallest absolute Gasteiger partial charge is 0.269 e. The van der Waals surface area contributed by atoms with Gasteiger partial charge in [-0.05, 0) is 25.5 Å². The van der Waals surface area contributed by atoms with Gasteiger partial charge in [-0.15, -0.1) is 0 Å². The van der Waals surface area contributed by atoms with E-state index in [1.54, 1.807) is 19.3 Å². The van der Waals surface area contributed by atoms with Gasteiger partial charge in [-0.1, -0.05) is 0 Å². The van der Waals surface area contributed by atoms with E-state index >= 15 is 0 Å². The van der Waals surface area contributed by atoms with Crippen LogP contribution in [0.5, 0.6) is 0 Å². The minimum absolute atomic E-state index is 0.170. The van der Waals surface area contributed by atoms with Gasteiger partial charge in [-0.25, -0.2) is 0 Å². The Balaban J connectivity index is 1.95. The van der Waals surface area contributed by atoms with E-state index in [0.29, 0.717) is 17.7 Å². The lowest BCUT2D eigenvalue weighted by Gasteiger charge is -2.15. The maximum atomic E-state index is 11.5. The number of aromatic nitrogens is 1. The molecule has 0 bridgehead atoms. The minimum atomic E-state index is -0.170. The van der Waals surface area contributed by atoms with Crippen LogP contribution in [0.3, 0.4) is 0 Å². The summed E-state index contributed by atoms with van der Waals surface area (Å²) < 4.78 is 5.52. The van der Waals surface area contributed by atoms with Gasteiger partial charge in [-0.2, -0.15) is 0 Å². The van der Waals surface area contributed by atoms with E-state index in [9.17, 15) is 4.79 Å². The number of amides is 1. The van der Waals surface area contributed by atoms with Crippen molar-refractivity contribution >= 4 is 11.6 Å². The van der Waals surface area contributed by atoms with Crippen LogP contribution in [-0.2, 0) is 4.74 Å². The van der Waals surface area contributed by atoms with Crippen molar-refractivity contribution in [2.24, 2.45) is 5.92 Å². The van der Waals surface area contributed by atoms with Crippen LogP contribution in [-0.4, -0.2) is 37.2 Å². The second-order valence-electron chi connectivity index (χ2n) is 4.51. The number of carbonyl (C=O) groups excluding carboxylic acids is 1. The third kappa shape index (κ3) is 2.98. The third-order valence-electron chi connectivity index (χ3n) is 3.32. The van der Waals surface area contributed by atoms with Gasteiger partial charge in [0.1, 0.15) is 5.69 Å². The number of carbonyl (C=O) groups is 1. The van der Waals surface area contributed by atoms with Gasteiger partial charge in [-0.3, -0.25) is 9.78 Å². The lowest BCUT2D eigenvalue weighted by atomic mass is 10.0. The topological polar surface area (TPSA) is 63.2 Å². The Labute approximate surface area is 107 Å². The standard InChI is InChI=1S/C13H19N3O2/c1-9-10(4-6-18-9)8-16-11-3-5-15-12(7-11)13(17)14-2/h3,5,7,9-10H,4,6,8H2,1-2H3,(H,14,17)(H,15,16). The second-order valence-corrected chi connectivity index (χ2v) is 4.51. The summed E-state index contributed by atoms with van der Waals surface area (Å²) >= 11 is 0. The van der Waals surface area contributed by atoms with Crippen LogP contribution >= 0.6 is 0 Å². The summed E-state index contributed by atoms with van der Waals surface area (Å²) in [6.07, 6.45) is 3.03. The maximum absolute atomic E-state index is 11.5. The average Bonchev–Trinajstić information content (AvgIpc) is 2.81. The van der Waals surface area contributed by atoms with Gasteiger partial charge < -0.3 is 15.4 Å². The maximum Gasteiger partial charge on any atom is 0.269 e. The minimum Gasteiger partial charge on any atom is -0.385 e. The highest BCUT2D eigenvalue weighted by Gasteiger charge is 2.23. The van der Waals surface area contributed by atoms with Crippen molar-refractivity contribution in [1.29, 1.82) is 0 Å². The summed E-state index contributed by atoms with van der Waals surface area (Å²) in [6, 6.07) is 3.63. The Morgan fingerprint density at radius 1 is 1.61 bits per heavy atom. The molecule has 5 nitrogen and oxygen atoms in total. The Kier molecular flexibility index (Phi) is 4.15. The van der Waals surface area contributed by atoms with E-state index in [4.69, 9.17) is 4.74 Å². The predicted molar refractivity (Wildman–Crippen MR) is 69.6 cm³/mol. The summed E-state index contributed by atoms with van der Waals surface area (Å²) in [5.74, 6) is 0.359. The predicted octanol–water partition coefficient (Wildman–Crippen LogP) is 1.28. The molecule has 1 aliphatic rings. The number of hydrogen-bond donors (Lipinski definition) is 2. The Hall–Kier alpha value is -1.62. The molecule has 1 aliphatic heterocycles. The van der Waals surface area contributed by atoms with E-state index in [-0.39, 0.29) is 5.91 Å². The summed E-state index contributed by atoms with van der Waals surface area (Å²) in [5.41, 5.74) is 1.35. The molecular weight excluding hydrogens is 230 g/mol. The molecule has 1 aromatic rings. The molecule has 1 fully saturated rings. The molecule has 1 saturated heterocycles. The van der Waals surface area contributed by atoms with Crippen LogP contribution in [0.15, 0.2) is 18.3 Å². The van der Waals surface area contributed by atoms with Gasteiger partial charge in [0, 0.05) is 38.0 Å². The van der Waals surface area contributed by atoms with Crippen molar-refractivity contribution in [3.63, 3.8) is 0 Å². The first-order chi connectivity index (χ1) is 8.70. The van der Waals surface area contributed by atoms with Crippen molar-refractivity contribution in [3.05, 3.63) is 24.0 Å². The Morgan fingerprint density at radius 2 is 2.44 bits per heavy atom. The summed E-state index contributed by atoms with van der Waals surface area (Å²) in [7, 11) is 1.60. The Bertz CT molecular complexity index is 422. The van der Waals surface area contributed by atoms with Gasteiger partial charge in [0.2, 0.25) is 0 Å². The summed E-state index contributed by atoms with van der Waals surface area (Å²) in [4.78, 5) is 15.5. The molecule has 2 rings (SSSR count). The molecule has 18 heavy (non-hydrogen) atoms. The molecular formula is C13H19N3O2. The number of anilines is 1. The van der Waals surface area contributed by atoms with Crippen molar-refractivity contribution in [2.75, 3.05) is 25.5 Å². The highest BCUT2D eigenvalue weighted by Crippen LogP contribution is 2.21. The number of nitrogens with one attached hydrogen (secondary N) is 2. The molecule has 0 spiro atoms. The number of hydrogen-bond acceptors (Lipinski definition) is 4. The number of nitrogens with zero attached hydrogens (tertiary/aromatic N) is 1. The van der Waals surface area contributed by atoms with Crippen LogP contribution in [0.4, 0.5) is 5.69 Å². The fourth-order valence-electron chi connectivity index (χ4n) is 2.09. The van der Waals surface area contributed by atoms with E-state index < -0.39 is 0 Å². The van der Waals surface area contributed by atoms with Crippen LogP contribution in [0.25, 0.3) is 0 Å². The molecule has 0 aliphatic carbocycles. The Morgan fingerprint density at radius 3 is 3.11 bits per heavy atom. The van der Waals surface area contributed by atoms with Gasteiger partial charge in [0.05, 0.1) is 6.10 Å². The first kappa shape index (κ1) is 12.8. The monoisotopic (exact) mass is 249 g/mol. The first-order valence-electron chi connectivity index (χ1n) is 6.24. The zero-order valence-electron chi connectivity index (χ0n) is 10.8. The highest BCUT2D eigenvalue weighted by molar-refractivity contribution is 5.92. The molecule has 0 radical (unpaired) electrons. The molecule has 2 unspecified atom stereocenters. The summed E-state index contributed by atoms with van der Waals surface area (Å²) in [5, 5.41) is 5.90. The fourth-order valence-corrected chi connectivity index (χ4v) is 2.09. The number of ether oxygens (including phenoxy) is 1. The van der Waals surface area contributed by atoms with Crippen LogP contribution in [0.2, 0.25) is 0 Å². The van der Waals surface area contributed by atoms with E-state index in [1.165, 1.54) is 0 Å². The van der Waals surface area contributed by atoms with Gasteiger partial charge >= 0.3 is 0 Å². The van der Waals surface area contributed by atoms with E-state index in [2.05, 4.69) is 22.5 Å². The van der Waals surface area contributed by atoms with Crippen molar-refractivity contribution in [1.82, 2.24) is 10.3 Å². The quantitative estimate of drug-likeness (QED) is 0.843. The van der Waals surface area contributed by atoms with Crippen molar-refractivity contribution < 1.29 is 9.53 Å². The molecule has 0 saturated carbocycles. The van der Waals surface area contributed by atoms with Crippen LogP contribution in [0, 0.1) is 5.92 Å². The largest absolute Gasteiger partial charge is 0.385 e. The fraction of sp³-hybridized carbons (Fsp3) is 0.538. The van der Waals surface area contributed by atoms with Gasteiger partial charge in [0.15, 0.2) is 0 Å². The molecule has 0 aromatic carbocycles. The molecule has 2 N–H and O–H groups in total. The number of rotatable bonds is 4.